The lowest BCUT2D eigenvalue weighted by Crippen LogP contribution is -2.28. The lowest BCUT2D eigenvalue weighted by atomic mass is 10.1. The van der Waals surface area contributed by atoms with E-state index >= 15 is 0 Å². The largest absolute Gasteiger partial charge is 0.502 e. The van der Waals surface area contributed by atoms with Crippen LogP contribution in [0, 0.1) is 6.57 Å². The lowest BCUT2D eigenvalue weighted by molar-refractivity contribution is -0.143. The summed E-state index contributed by atoms with van der Waals surface area (Å²) in [4.78, 5) is 22.0. The first-order chi connectivity index (χ1) is 17.0. The molecule has 0 saturated carbocycles. The first kappa shape index (κ1) is 24.2. The summed E-state index contributed by atoms with van der Waals surface area (Å²) in [7, 11) is 0. The van der Waals surface area contributed by atoms with Crippen LogP contribution >= 0.6 is 0 Å². The van der Waals surface area contributed by atoms with Gasteiger partial charge in [0.25, 0.3) is 5.89 Å². The number of benzene rings is 2. The standard InChI is InChI=1S/C26H28N4O5/c1-5-32-24(31)10-11-30-12-13-33-22-8-6-18(14-20(22)16-30)25-28-26(35-29-25)19-7-9-23(34-17(2)3)21(15-19)27-4/h6-9,14-15,17H,5,10-13,16H2,1-3H3. The van der Waals surface area contributed by atoms with Crippen molar-refractivity contribution in [2.24, 2.45) is 0 Å². The Morgan fingerprint density at radius 2 is 2.06 bits per heavy atom. The van der Waals surface area contributed by atoms with Crippen molar-refractivity contribution in [2.45, 2.75) is 39.8 Å². The highest BCUT2D eigenvalue weighted by Crippen LogP contribution is 2.34. The molecule has 182 valence electrons. The fraction of sp³-hybridized carbons (Fsp3) is 0.385. The molecule has 0 atom stereocenters. The number of carbonyl (C=O) groups is 1. The van der Waals surface area contributed by atoms with Crippen LogP contribution in [0.3, 0.4) is 0 Å². The summed E-state index contributed by atoms with van der Waals surface area (Å²) in [5.74, 6) is 1.90. The van der Waals surface area contributed by atoms with Gasteiger partial charge in [0.15, 0.2) is 0 Å². The Labute approximate surface area is 204 Å². The molecule has 0 amide bonds. The zero-order valence-corrected chi connectivity index (χ0v) is 20.1. The third-order valence-corrected chi connectivity index (χ3v) is 5.43. The van der Waals surface area contributed by atoms with Crippen LogP contribution in [-0.2, 0) is 16.1 Å². The lowest BCUT2D eigenvalue weighted by Gasteiger charge is -2.18. The topological polar surface area (TPSA) is 91.3 Å². The monoisotopic (exact) mass is 476 g/mol. The van der Waals surface area contributed by atoms with Gasteiger partial charge >= 0.3 is 5.97 Å². The van der Waals surface area contributed by atoms with E-state index in [0.717, 1.165) is 23.4 Å². The molecule has 0 unspecified atom stereocenters. The minimum atomic E-state index is -0.198. The van der Waals surface area contributed by atoms with Gasteiger partial charge in [-0.25, -0.2) is 4.85 Å². The van der Waals surface area contributed by atoms with E-state index in [4.69, 9.17) is 25.3 Å². The second-order valence-corrected chi connectivity index (χ2v) is 8.39. The van der Waals surface area contributed by atoms with Crippen molar-refractivity contribution in [3.05, 3.63) is 53.4 Å². The van der Waals surface area contributed by atoms with Gasteiger partial charge in [-0.3, -0.25) is 9.69 Å². The Balaban J connectivity index is 1.52. The summed E-state index contributed by atoms with van der Waals surface area (Å²) >= 11 is 0. The van der Waals surface area contributed by atoms with Crippen molar-refractivity contribution in [1.29, 1.82) is 0 Å². The number of hydrogen-bond donors (Lipinski definition) is 0. The number of esters is 1. The second-order valence-electron chi connectivity index (χ2n) is 8.39. The molecule has 1 aliphatic heterocycles. The number of fused-ring (bicyclic) bond motifs is 1. The minimum Gasteiger partial charge on any atom is -0.502 e. The smallest absolute Gasteiger partial charge is 0.307 e. The molecular weight excluding hydrogens is 448 g/mol. The quantitative estimate of drug-likeness (QED) is 0.335. The van der Waals surface area contributed by atoms with Crippen molar-refractivity contribution in [1.82, 2.24) is 15.0 Å². The van der Waals surface area contributed by atoms with Crippen LogP contribution < -0.4 is 9.47 Å². The van der Waals surface area contributed by atoms with Crippen LogP contribution in [-0.4, -0.2) is 53.4 Å². The predicted molar refractivity (Wildman–Crippen MR) is 129 cm³/mol. The van der Waals surface area contributed by atoms with E-state index < -0.39 is 0 Å². The Kier molecular flexibility index (Phi) is 7.63. The molecule has 0 saturated heterocycles. The van der Waals surface area contributed by atoms with Gasteiger partial charge in [-0.05, 0) is 57.2 Å². The van der Waals surface area contributed by atoms with E-state index in [0.29, 0.717) is 61.4 Å². The van der Waals surface area contributed by atoms with Gasteiger partial charge in [0.05, 0.1) is 25.7 Å². The average molecular weight is 477 g/mol. The first-order valence-electron chi connectivity index (χ1n) is 11.6. The molecule has 4 rings (SSSR count). The van der Waals surface area contributed by atoms with E-state index in [9.17, 15) is 4.79 Å². The van der Waals surface area contributed by atoms with Gasteiger partial charge in [-0.15, -0.1) is 0 Å². The molecule has 9 nitrogen and oxygen atoms in total. The molecule has 0 radical (unpaired) electrons. The van der Waals surface area contributed by atoms with Gasteiger partial charge in [0.2, 0.25) is 11.5 Å². The summed E-state index contributed by atoms with van der Waals surface area (Å²) < 4.78 is 22.1. The molecular formula is C26H28N4O5. The SMILES string of the molecule is [C-]#[N+]c1cc(-c2nc(-c3ccc4c(c3)CN(CCC(=O)OCC)CCO4)no2)ccc1OC(C)C. The molecule has 0 bridgehead atoms. The maximum Gasteiger partial charge on any atom is 0.307 e. The van der Waals surface area contributed by atoms with Gasteiger partial charge in [-0.1, -0.05) is 5.16 Å². The number of aromatic nitrogens is 2. The van der Waals surface area contributed by atoms with Crippen LogP contribution in [0.2, 0.25) is 0 Å². The molecule has 0 N–H and O–H groups in total. The molecule has 1 aliphatic rings. The maximum atomic E-state index is 11.8. The average Bonchev–Trinajstić information content (AvgIpc) is 3.24. The number of carbonyl (C=O) groups excluding carboxylic acids is 1. The third kappa shape index (κ3) is 5.97. The summed E-state index contributed by atoms with van der Waals surface area (Å²) in [6.07, 6.45) is 0.305. The Morgan fingerprint density at radius 3 is 2.83 bits per heavy atom. The second kappa shape index (κ2) is 11.0. The van der Waals surface area contributed by atoms with Gasteiger partial charge in [-0.2, -0.15) is 4.98 Å². The third-order valence-electron chi connectivity index (χ3n) is 5.43. The van der Waals surface area contributed by atoms with Crippen LogP contribution in [0.4, 0.5) is 5.69 Å². The molecule has 2 aromatic carbocycles. The summed E-state index contributed by atoms with van der Waals surface area (Å²) in [6.45, 7) is 16.0. The number of hydrogen-bond acceptors (Lipinski definition) is 8. The van der Waals surface area contributed by atoms with E-state index in [1.807, 2.05) is 32.0 Å². The number of rotatable bonds is 8. The molecule has 0 spiro atoms. The van der Waals surface area contributed by atoms with Crippen LogP contribution in [0.1, 0.15) is 32.8 Å². The molecule has 0 aliphatic carbocycles. The van der Waals surface area contributed by atoms with Crippen molar-refractivity contribution in [3.8, 4) is 34.3 Å². The highest BCUT2D eigenvalue weighted by Gasteiger charge is 2.19. The van der Waals surface area contributed by atoms with Crippen LogP contribution in [0.15, 0.2) is 40.9 Å². The fourth-order valence-corrected chi connectivity index (χ4v) is 3.81. The van der Waals surface area contributed by atoms with E-state index in [2.05, 4.69) is 19.9 Å². The summed E-state index contributed by atoms with van der Waals surface area (Å²) in [5, 5.41) is 4.15. The zero-order valence-electron chi connectivity index (χ0n) is 20.1. The highest BCUT2D eigenvalue weighted by atomic mass is 16.5. The molecule has 1 aromatic heterocycles. The van der Waals surface area contributed by atoms with E-state index in [1.54, 1.807) is 25.1 Å². The Morgan fingerprint density at radius 1 is 1.23 bits per heavy atom. The Hall–Kier alpha value is -3.90. The normalized spacial score (nSPS) is 13.5. The molecule has 2 heterocycles. The van der Waals surface area contributed by atoms with Gasteiger partial charge < -0.3 is 18.7 Å². The summed E-state index contributed by atoms with van der Waals surface area (Å²) in [6, 6.07) is 11.0. The first-order valence-corrected chi connectivity index (χ1v) is 11.6. The zero-order chi connectivity index (χ0) is 24.8. The van der Waals surface area contributed by atoms with Gasteiger partial charge in [0, 0.05) is 36.3 Å². The maximum absolute atomic E-state index is 11.8. The highest BCUT2D eigenvalue weighted by molar-refractivity contribution is 5.70. The number of ether oxygens (including phenoxy) is 3. The van der Waals surface area contributed by atoms with Crippen molar-refractivity contribution in [3.63, 3.8) is 0 Å². The van der Waals surface area contributed by atoms with Crippen molar-refractivity contribution < 1.29 is 23.5 Å². The van der Waals surface area contributed by atoms with Gasteiger partial charge in [0.1, 0.15) is 18.1 Å². The van der Waals surface area contributed by atoms with Crippen molar-refractivity contribution >= 4 is 11.7 Å². The Bertz CT molecular complexity index is 1230. The molecule has 3 aromatic rings. The predicted octanol–water partition coefficient (Wildman–Crippen LogP) is 4.89. The minimum absolute atomic E-state index is 0.0327. The van der Waals surface area contributed by atoms with Crippen LogP contribution in [0.25, 0.3) is 27.7 Å². The number of nitrogens with zero attached hydrogens (tertiary/aromatic N) is 4. The molecule has 9 heteroatoms. The molecule has 35 heavy (non-hydrogen) atoms. The van der Waals surface area contributed by atoms with Crippen molar-refractivity contribution in [2.75, 3.05) is 26.3 Å². The fourth-order valence-electron chi connectivity index (χ4n) is 3.81. The van der Waals surface area contributed by atoms with E-state index in [1.165, 1.54) is 0 Å². The van der Waals surface area contributed by atoms with E-state index in [-0.39, 0.29) is 12.1 Å². The van der Waals surface area contributed by atoms with Crippen LogP contribution in [0.5, 0.6) is 11.5 Å². The summed E-state index contributed by atoms with van der Waals surface area (Å²) in [5.41, 5.74) is 2.82. The molecule has 0 fully saturated rings.